The number of hydrogen-bond donors (Lipinski definition) is 2. The molecule has 0 aliphatic rings. The quantitative estimate of drug-likeness (QED) is 0.705. The summed E-state index contributed by atoms with van der Waals surface area (Å²) < 4.78 is 39.4. The number of aryl methyl sites for hydroxylation is 2. The van der Waals surface area contributed by atoms with Crippen molar-refractivity contribution in [2.24, 2.45) is 0 Å². The zero-order valence-corrected chi connectivity index (χ0v) is 14.8. The Kier molecular flexibility index (Phi) is 6.66. The van der Waals surface area contributed by atoms with Gasteiger partial charge in [0.25, 0.3) is 0 Å². The van der Waals surface area contributed by atoms with Crippen molar-refractivity contribution >= 4 is 15.9 Å². The zero-order valence-electron chi connectivity index (χ0n) is 14.0. The second kappa shape index (κ2) is 8.73. The molecule has 1 amide bonds. The molecular formula is C18H21FN2O3S. The van der Waals surface area contributed by atoms with Crippen molar-refractivity contribution < 1.29 is 17.6 Å². The molecule has 25 heavy (non-hydrogen) atoms. The van der Waals surface area contributed by atoms with E-state index in [1.54, 1.807) is 36.4 Å². The number of hydrogen-bond acceptors (Lipinski definition) is 3. The molecule has 0 saturated carbocycles. The second-order valence-corrected chi connectivity index (χ2v) is 7.45. The van der Waals surface area contributed by atoms with Crippen LogP contribution >= 0.6 is 0 Å². The van der Waals surface area contributed by atoms with Crippen molar-refractivity contribution in [3.05, 3.63) is 65.5 Å². The van der Waals surface area contributed by atoms with E-state index in [9.17, 15) is 17.6 Å². The molecule has 134 valence electrons. The highest BCUT2D eigenvalue weighted by atomic mass is 32.2. The normalized spacial score (nSPS) is 11.3. The Morgan fingerprint density at radius 1 is 1.00 bits per heavy atom. The maximum absolute atomic E-state index is 12.8. The lowest BCUT2D eigenvalue weighted by Crippen LogP contribution is -2.34. The van der Waals surface area contributed by atoms with Crippen molar-refractivity contribution in [2.45, 2.75) is 24.7 Å². The lowest BCUT2D eigenvalue weighted by Gasteiger charge is -2.08. The van der Waals surface area contributed by atoms with E-state index in [1.165, 1.54) is 12.1 Å². The molecule has 2 aromatic carbocycles. The molecule has 5 nitrogen and oxygen atoms in total. The molecule has 2 rings (SSSR count). The zero-order chi connectivity index (χ0) is 18.3. The molecule has 0 aromatic heterocycles. The molecule has 0 bridgehead atoms. The number of benzene rings is 2. The van der Waals surface area contributed by atoms with Crippen LogP contribution in [0.3, 0.4) is 0 Å². The standard InChI is InChI=1S/C18H21FN2O3S/c1-14-2-9-17(10-3-14)25(23,24)21-13-12-20-18(22)11-6-15-4-7-16(19)8-5-15/h2-5,7-10,21H,6,11-13H2,1H3,(H,20,22). The van der Waals surface area contributed by atoms with Gasteiger partial charge in [-0.05, 0) is 43.2 Å². The number of sulfonamides is 1. The van der Waals surface area contributed by atoms with Gasteiger partial charge in [-0.15, -0.1) is 0 Å². The van der Waals surface area contributed by atoms with Crippen molar-refractivity contribution in [1.29, 1.82) is 0 Å². The van der Waals surface area contributed by atoms with Gasteiger partial charge >= 0.3 is 0 Å². The van der Waals surface area contributed by atoms with E-state index in [2.05, 4.69) is 10.0 Å². The smallest absolute Gasteiger partial charge is 0.240 e. The van der Waals surface area contributed by atoms with Gasteiger partial charge in [0.15, 0.2) is 0 Å². The molecule has 2 N–H and O–H groups in total. The number of carbonyl (C=O) groups is 1. The maximum atomic E-state index is 12.8. The summed E-state index contributed by atoms with van der Waals surface area (Å²) in [5, 5.41) is 2.66. The van der Waals surface area contributed by atoms with Gasteiger partial charge in [0.05, 0.1) is 4.90 Å². The van der Waals surface area contributed by atoms with Gasteiger partial charge in [0, 0.05) is 19.5 Å². The third-order valence-electron chi connectivity index (χ3n) is 3.62. The minimum Gasteiger partial charge on any atom is -0.355 e. The van der Waals surface area contributed by atoms with Gasteiger partial charge in [0.1, 0.15) is 5.82 Å². The van der Waals surface area contributed by atoms with Gasteiger partial charge in [-0.3, -0.25) is 4.79 Å². The van der Waals surface area contributed by atoms with Crippen molar-refractivity contribution in [1.82, 2.24) is 10.0 Å². The van der Waals surface area contributed by atoms with E-state index in [0.29, 0.717) is 6.42 Å². The van der Waals surface area contributed by atoms with Gasteiger partial charge in [-0.25, -0.2) is 17.5 Å². The molecule has 0 fully saturated rings. The monoisotopic (exact) mass is 364 g/mol. The number of carbonyl (C=O) groups excluding carboxylic acids is 1. The molecule has 0 heterocycles. The summed E-state index contributed by atoms with van der Waals surface area (Å²) in [4.78, 5) is 11.9. The summed E-state index contributed by atoms with van der Waals surface area (Å²) >= 11 is 0. The molecule has 7 heteroatoms. The fraction of sp³-hybridized carbons (Fsp3) is 0.278. The van der Waals surface area contributed by atoms with Crippen molar-refractivity contribution in [3.63, 3.8) is 0 Å². The van der Waals surface area contributed by atoms with Crippen LogP contribution in [0.2, 0.25) is 0 Å². The fourth-order valence-corrected chi connectivity index (χ4v) is 3.22. The number of rotatable bonds is 8. The molecular weight excluding hydrogens is 343 g/mol. The van der Waals surface area contributed by atoms with Crippen LogP contribution in [0, 0.1) is 12.7 Å². The van der Waals surface area contributed by atoms with Crippen LogP contribution in [-0.2, 0) is 21.2 Å². The summed E-state index contributed by atoms with van der Waals surface area (Å²) in [6.45, 7) is 2.19. The lowest BCUT2D eigenvalue weighted by molar-refractivity contribution is -0.121. The molecule has 0 radical (unpaired) electrons. The molecule has 0 aliphatic heterocycles. The van der Waals surface area contributed by atoms with Gasteiger partial charge < -0.3 is 5.32 Å². The van der Waals surface area contributed by atoms with Crippen LogP contribution < -0.4 is 10.0 Å². The third-order valence-corrected chi connectivity index (χ3v) is 5.10. The van der Waals surface area contributed by atoms with E-state index >= 15 is 0 Å². The Bertz CT molecular complexity index is 803. The maximum Gasteiger partial charge on any atom is 0.240 e. The summed E-state index contributed by atoms with van der Waals surface area (Å²) in [6, 6.07) is 12.5. The molecule has 2 aromatic rings. The summed E-state index contributed by atoms with van der Waals surface area (Å²) in [7, 11) is -3.57. The first kappa shape index (κ1) is 19.1. The first-order valence-electron chi connectivity index (χ1n) is 7.94. The Labute approximate surface area is 147 Å². The topological polar surface area (TPSA) is 75.3 Å². The van der Waals surface area contributed by atoms with Crippen LogP contribution in [0.15, 0.2) is 53.4 Å². The van der Waals surface area contributed by atoms with Crippen molar-refractivity contribution in [3.8, 4) is 0 Å². The molecule has 0 saturated heterocycles. The Hall–Kier alpha value is -2.25. The van der Waals surface area contributed by atoms with E-state index in [4.69, 9.17) is 0 Å². The molecule has 0 spiro atoms. The predicted molar refractivity (Wildman–Crippen MR) is 94.1 cm³/mol. The van der Waals surface area contributed by atoms with Crippen LogP contribution in [0.1, 0.15) is 17.5 Å². The third kappa shape index (κ3) is 6.28. The fourth-order valence-electron chi connectivity index (χ4n) is 2.19. The average molecular weight is 364 g/mol. The summed E-state index contributed by atoms with van der Waals surface area (Å²) in [6.07, 6.45) is 0.761. The highest BCUT2D eigenvalue weighted by molar-refractivity contribution is 7.89. The summed E-state index contributed by atoms with van der Waals surface area (Å²) in [5.41, 5.74) is 1.85. The highest BCUT2D eigenvalue weighted by Crippen LogP contribution is 2.09. The van der Waals surface area contributed by atoms with Crippen LogP contribution in [0.25, 0.3) is 0 Å². The SMILES string of the molecule is Cc1ccc(S(=O)(=O)NCCNC(=O)CCc2ccc(F)cc2)cc1. The Balaban J connectivity index is 1.70. The minimum absolute atomic E-state index is 0.110. The Morgan fingerprint density at radius 2 is 1.64 bits per heavy atom. The van der Waals surface area contributed by atoms with Crippen LogP contribution in [-0.4, -0.2) is 27.4 Å². The highest BCUT2D eigenvalue weighted by Gasteiger charge is 2.12. The minimum atomic E-state index is -3.57. The average Bonchev–Trinajstić information content (AvgIpc) is 2.59. The van der Waals surface area contributed by atoms with E-state index in [1.807, 2.05) is 6.92 Å². The number of amides is 1. The molecule has 0 unspecified atom stereocenters. The molecule has 0 atom stereocenters. The van der Waals surface area contributed by atoms with Gasteiger partial charge in [0.2, 0.25) is 15.9 Å². The van der Waals surface area contributed by atoms with Gasteiger partial charge in [-0.2, -0.15) is 0 Å². The van der Waals surface area contributed by atoms with Crippen LogP contribution in [0.5, 0.6) is 0 Å². The molecule has 0 aliphatic carbocycles. The number of halogens is 1. The van der Waals surface area contributed by atoms with Crippen molar-refractivity contribution in [2.75, 3.05) is 13.1 Å². The van der Waals surface area contributed by atoms with E-state index in [-0.39, 0.29) is 36.1 Å². The first-order chi connectivity index (χ1) is 11.9. The lowest BCUT2D eigenvalue weighted by atomic mass is 10.1. The van der Waals surface area contributed by atoms with Crippen LogP contribution in [0.4, 0.5) is 4.39 Å². The predicted octanol–water partition coefficient (Wildman–Crippen LogP) is 2.16. The Morgan fingerprint density at radius 3 is 2.28 bits per heavy atom. The number of nitrogens with one attached hydrogen (secondary N) is 2. The first-order valence-corrected chi connectivity index (χ1v) is 9.42. The summed E-state index contributed by atoms with van der Waals surface area (Å²) in [5.74, 6) is -0.493. The largest absolute Gasteiger partial charge is 0.355 e. The second-order valence-electron chi connectivity index (χ2n) is 5.69. The van der Waals surface area contributed by atoms with E-state index in [0.717, 1.165) is 11.1 Å². The van der Waals surface area contributed by atoms with E-state index < -0.39 is 10.0 Å². The van der Waals surface area contributed by atoms with Gasteiger partial charge in [-0.1, -0.05) is 29.8 Å².